The summed E-state index contributed by atoms with van der Waals surface area (Å²) in [5.74, 6) is 0. The summed E-state index contributed by atoms with van der Waals surface area (Å²) in [6, 6.07) is 4.58. The van der Waals surface area contributed by atoms with Gasteiger partial charge in [-0.05, 0) is 55.9 Å². The summed E-state index contributed by atoms with van der Waals surface area (Å²) in [5.41, 5.74) is 5.64. The molecule has 0 unspecified atom stereocenters. The van der Waals surface area contributed by atoms with Gasteiger partial charge in [0.25, 0.3) is 0 Å². The van der Waals surface area contributed by atoms with Crippen LogP contribution in [0.2, 0.25) is 0 Å². The van der Waals surface area contributed by atoms with E-state index in [1.807, 2.05) is 0 Å². The number of benzene rings is 1. The Kier molecular flexibility index (Phi) is 4.19. The van der Waals surface area contributed by atoms with Crippen LogP contribution < -0.4 is 0 Å². The highest BCUT2D eigenvalue weighted by Crippen LogP contribution is 2.18. The highest BCUT2D eigenvalue weighted by atomic mass is 14.1. The van der Waals surface area contributed by atoms with Gasteiger partial charge in [-0.15, -0.1) is 0 Å². The second-order valence-electron chi connectivity index (χ2n) is 4.13. The van der Waals surface area contributed by atoms with Crippen LogP contribution in [0, 0.1) is 27.2 Å². The molecule has 0 aromatic heterocycles. The zero-order chi connectivity index (χ0) is 10.6. The normalized spacial score (nSPS) is 10.6. The molecule has 0 aliphatic carbocycles. The molecule has 0 fully saturated rings. The molecule has 77 valence electrons. The molecule has 0 heteroatoms. The third-order valence-corrected chi connectivity index (χ3v) is 2.89. The van der Waals surface area contributed by atoms with E-state index in [1.54, 1.807) is 0 Å². The molecule has 14 heavy (non-hydrogen) atoms. The van der Waals surface area contributed by atoms with Crippen molar-refractivity contribution in [3.8, 4) is 0 Å². The Hall–Kier alpha value is -0.780. The minimum absolute atomic E-state index is 1.21. The average Bonchev–Trinajstić information content (AvgIpc) is 2.14. The van der Waals surface area contributed by atoms with E-state index in [-0.39, 0.29) is 0 Å². The van der Waals surface area contributed by atoms with Gasteiger partial charge >= 0.3 is 0 Å². The zero-order valence-corrected chi connectivity index (χ0v) is 9.85. The van der Waals surface area contributed by atoms with Crippen molar-refractivity contribution >= 4 is 0 Å². The van der Waals surface area contributed by atoms with Crippen LogP contribution in [0.1, 0.15) is 48.4 Å². The molecular weight excluding hydrogens is 168 g/mol. The predicted molar refractivity (Wildman–Crippen MR) is 63.6 cm³/mol. The largest absolute Gasteiger partial charge is 0.0654 e. The smallest absolute Gasteiger partial charge is 0.00929 e. The van der Waals surface area contributed by atoms with Crippen molar-refractivity contribution in [2.75, 3.05) is 0 Å². The van der Waals surface area contributed by atoms with Crippen molar-refractivity contribution in [2.24, 2.45) is 0 Å². The summed E-state index contributed by atoms with van der Waals surface area (Å²) >= 11 is 0. The predicted octanol–water partition coefficient (Wildman–Crippen LogP) is 4.35. The zero-order valence-electron chi connectivity index (χ0n) is 9.85. The Labute approximate surface area is 88.4 Å². The Morgan fingerprint density at radius 3 is 2.14 bits per heavy atom. The van der Waals surface area contributed by atoms with Gasteiger partial charge in [0.05, 0.1) is 0 Å². The molecule has 1 rings (SSSR count). The summed E-state index contributed by atoms with van der Waals surface area (Å²) < 4.78 is 0. The monoisotopic (exact) mass is 189 g/mol. The summed E-state index contributed by atoms with van der Waals surface area (Å²) in [5, 5.41) is 0. The van der Waals surface area contributed by atoms with Crippen LogP contribution in [0.15, 0.2) is 12.1 Å². The van der Waals surface area contributed by atoms with Crippen LogP contribution in [0.3, 0.4) is 0 Å². The van der Waals surface area contributed by atoms with Gasteiger partial charge in [0.1, 0.15) is 0 Å². The van der Waals surface area contributed by atoms with Crippen molar-refractivity contribution in [2.45, 2.75) is 47.0 Å². The van der Waals surface area contributed by atoms with Crippen molar-refractivity contribution in [1.82, 2.24) is 0 Å². The number of aryl methyl sites for hydroxylation is 2. The second-order valence-corrected chi connectivity index (χ2v) is 4.13. The van der Waals surface area contributed by atoms with Crippen molar-refractivity contribution in [3.05, 3.63) is 40.8 Å². The van der Waals surface area contributed by atoms with E-state index >= 15 is 0 Å². The third-order valence-electron chi connectivity index (χ3n) is 2.89. The van der Waals surface area contributed by atoms with Crippen LogP contribution in [0.5, 0.6) is 0 Å². The van der Waals surface area contributed by atoms with E-state index in [4.69, 9.17) is 0 Å². The van der Waals surface area contributed by atoms with Gasteiger partial charge in [-0.2, -0.15) is 0 Å². The lowest BCUT2D eigenvalue weighted by Crippen LogP contribution is -1.91. The first-order valence-electron chi connectivity index (χ1n) is 5.56. The molecule has 0 nitrogen and oxygen atoms in total. The number of hydrogen-bond donors (Lipinski definition) is 0. The van der Waals surface area contributed by atoms with Gasteiger partial charge < -0.3 is 0 Å². The number of unbranched alkanes of at least 4 members (excludes halogenated alkanes) is 2. The Balaban J connectivity index is 2.69. The molecule has 0 aliphatic rings. The van der Waals surface area contributed by atoms with E-state index in [9.17, 15) is 0 Å². The molecule has 1 aromatic carbocycles. The molecule has 0 saturated carbocycles. The molecule has 0 atom stereocenters. The first-order valence-corrected chi connectivity index (χ1v) is 5.56. The minimum atomic E-state index is 1.21. The van der Waals surface area contributed by atoms with E-state index < -0.39 is 0 Å². The van der Waals surface area contributed by atoms with Crippen molar-refractivity contribution in [1.29, 1.82) is 0 Å². The van der Waals surface area contributed by atoms with Crippen LogP contribution in [-0.2, 0) is 0 Å². The SMILES string of the molecule is CCCC[CH]c1cc(C)c(C)c(C)c1. The van der Waals surface area contributed by atoms with Crippen molar-refractivity contribution < 1.29 is 0 Å². The average molecular weight is 189 g/mol. The molecule has 0 N–H and O–H groups in total. The first kappa shape index (κ1) is 11.3. The van der Waals surface area contributed by atoms with Crippen molar-refractivity contribution in [3.63, 3.8) is 0 Å². The highest BCUT2D eigenvalue weighted by molar-refractivity contribution is 5.39. The van der Waals surface area contributed by atoms with Gasteiger partial charge in [0, 0.05) is 0 Å². The fourth-order valence-electron chi connectivity index (χ4n) is 1.66. The molecule has 0 saturated heterocycles. The minimum Gasteiger partial charge on any atom is -0.0654 e. The molecule has 1 aromatic rings. The highest BCUT2D eigenvalue weighted by Gasteiger charge is 2.00. The van der Waals surface area contributed by atoms with E-state index in [2.05, 4.69) is 46.2 Å². The van der Waals surface area contributed by atoms with Crippen LogP contribution in [0.25, 0.3) is 0 Å². The first-order chi connectivity index (χ1) is 6.65. The third kappa shape index (κ3) is 2.87. The van der Waals surface area contributed by atoms with Gasteiger partial charge in [0.2, 0.25) is 0 Å². The number of hydrogen-bond acceptors (Lipinski definition) is 0. The molecule has 0 heterocycles. The maximum absolute atomic E-state index is 2.35. The Morgan fingerprint density at radius 2 is 1.64 bits per heavy atom. The summed E-state index contributed by atoms with van der Waals surface area (Å²) in [4.78, 5) is 0. The van der Waals surface area contributed by atoms with Gasteiger partial charge in [0.15, 0.2) is 0 Å². The summed E-state index contributed by atoms with van der Waals surface area (Å²) in [6.45, 7) is 8.82. The lowest BCUT2D eigenvalue weighted by molar-refractivity contribution is 0.790. The molecule has 0 bridgehead atoms. The lowest BCUT2D eigenvalue weighted by atomic mass is 9.98. The number of rotatable bonds is 4. The lowest BCUT2D eigenvalue weighted by Gasteiger charge is -2.08. The molecule has 0 aliphatic heterocycles. The molecule has 0 spiro atoms. The fraction of sp³-hybridized carbons (Fsp3) is 0.500. The quantitative estimate of drug-likeness (QED) is 0.617. The Morgan fingerprint density at radius 1 is 1.07 bits per heavy atom. The van der Waals surface area contributed by atoms with Gasteiger partial charge in [-0.3, -0.25) is 0 Å². The standard InChI is InChI=1S/C14H21/c1-5-6-7-8-14-9-11(2)13(4)12(3)10-14/h8-10H,5-7H2,1-4H3. The van der Waals surface area contributed by atoms with E-state index in [0.717, 1.165) is 0 Å². The van der Waals surface area contributed by atoms with Crippen LogP contribution >= 0.6 is 0 Å². The molecule has 1 radical (unpaired) electrons. The maximum Gasteiger partial charge on any atom is -0.00929 e. The van der Waals surface area contributed by atoms with Crippen LogP contribution in [0.4, 0.5) is 0 Å². The Bertz CT molecular complexity index is 274. The van der Waals surface area contributed by atoms with Gasteiger partial charge in [-0.1, -0.05) is 31.9 Å². The van der Waals surface area contributed by atoms with E-state index in [1.165, 1.54) is 41.5 Å². The second kappa shape index (κ2) is 5.19. The maximum atomic E-state index is 2.35. The topological polar surface area (TPSA) is 0 Å². The van der Waals surface area contributed by atoms with E-state index in [0.29, 0.717) is 0 Å². The molecule has 0 amide bonds. The van der Waals surface area contributed by atoms with Gasteiger partial charge in [-0.25, -0.2) is 0 Å². The molecular formula is C14H21. The fourth-order valence-corrected chi connectivity index (χ4v) is 1.66. The van der Waals surface area contributed by atoms with Crippen LogP contribution in [-0.4, -0.2) is 0 Å². The summed E-state index contributed by atoms with van der Waals surface area (Å²) in [7, 11) is 0. The summed E-state index contributed by atoms with van der Waals surface area (Å²) in [6.07, 6.45) is 6.13.